The Kier molecular flexibility index (Phi) is 3.93. The highest BCUT2D eigenvalue weighted by atomic mass is 16.5. The third-order valence-corrected chi connectivity index (χ3v) is 2.30. The summed E-state index contributed by atoms with van der Waals surface area (Å²) >= 11 is 0. The van der Waals surface area contributed by atoms with Gasteiger partial charge in [0.2, 0.25) is 0 Å². The maximum atomic E-state index is 5.14. The normalized spacial score (nSPS) is 14.3. The first-order chi connectivity index (χ1) is 6.81. The van der Waals surface area contributed by atoms with Gasteiger partial charge in [-0.1, -0.05) is 13.8 Å². The van der Waals surface area contributed by atoms with Crippen LogP contribution in [0.15, 0.2) is 12.3 Å². The number of hydrogen-bond acceptors (Lipinski definition) is 2. The van der Waals surface area contributed by atoms with Gasteiger partial charge >= 0.3 is 0 Å². The lowest BCUT2D eigenvalue weighted by molar-refractivity contribution is 0.409. The Morgan fingerprint density at radius 2 is 2.00 bits per heavy atom. The lowest BCUT2D eigenvalue weighted by Crippen LogP contribution is -1.92. The topological polar surface area (TPSA) is 22.1 Å². The number of methoxy groups -OCH3 is 1. The fraction of sp³-hybridized carbons (Fsp3) is 0.583. The van der Waals surface area contributed by atoms with Crippen molar-refractivity contribution in [1.82, 2.24) is 4.98 Å². The summed E-state index contributed by atoms with van der Waals surface area (Å²) < 4.78 is 5.14. The molecule has 1 aromatic rings. The second-order valence-electron chi connectivity index (χ2n) is 3.35. The minimum absolute atomic E-state index is 0.731. The van der Waals surface area contributed by atoms with Crippen molar-refractivity contribution >= 4 is 0 Å². The van der Waals surface area contributed by atoms with Gasteiger partial charge < -0.3 is 4.74 Å². The van der Waals surface area contributed by atoms with Crippen molar-refractivity contribution < 1.29 is 4.74 Å². The summed E-state index contributed by atoms with van der Waals surface area (Å²) in [4.78, 5) is 4.35. The fourth-order valence-corrected chi connectivity index (χ4v) is 1.38. The van der Waals surface area contributed by atoms with Gasteiger partial charge in [-0.25, -0.2) is 0 Å². The van der Waals surface area contributed by atoms with Crippen molar-refractivity contribution in [2.24, 2.45) is 0 Å². The molecule has 0 aliphatic heterocycles. The quantitative estimate of drug-likeness (QED) is 0.719. The maximum absolute atomic E-state index is 5.14. The summed E-state index contributed by atoms with van der Waals surface area (Å²) in [6, 6.07) is 2.14. The third-order valence-electron chi connectivity index (χ3n) is 2.30. The van der Waals surface area contributed by atoms with Crippen molar-refractivity contribution in [3.05, 3.63) is 23.5 Å². The first-order valence-electron chi connectivity index (χ1n) is 5.32. The average Bonchev–Trinajstić information content (AvgIpc) is 3.04. The lowest BCUT2D eigenvalue weighted by atomic mass is 10.2. The van der Waals surface area contributed by atoms with E-state index in [4.69, 9.17) is 4.74 Å². The molecule has 0 aromatic carbocycles. The number of pyridine rings is 1. The van der Waals surface area contributed by atoms with Gasteiger partial charge in [0.1, 0.15) is 5.75 Å². The van der Waals surface area contributed by atoms with Crippen LogP contribution < -0.4 is 4.74 Å². The summed E-state index contributed by atoms with van der Waals surface area (Å²) in [5.74, 6) is 1.62. The highest BCUT2D eigenvalue weighted by molar-refractivity contribution is 5.33. The van der Waals surface area contributed by atoms with Crippen LogP contribution in [0.3, 0.4) is 0 Å². The lowest BCUT2D eigenvalue weighted by Gasteiger charge is -2.04. The van der Waals surface area contributed by atoms with E-state index in [0.29, 0.717) is 0 Å². The van der Waals surface area contributed by atoms with Gasteiger partial charge in [0.05, 0.1) is 13.3 Å². The molecule has 0 unspecified atom stereocenters. The van der Waals surface area contributed by atoms with Crippen LogP contribution in [-0.2, 0) is 0 Å². The molecule has 0 spiro atoms. The van der Waals surface area contributed by atoms with E-state index >= 15 is 0 Å². The zero-order valence-corrected chi connectivity index (χ0v) is 9.50. The van der Waals surface area contributed by atoms with Crippen LogP contribution in [-0.4, -0.2) is 12.1 Å². The van der Waals surface area contributed by atoms with Gasteiger partial charge in [-0.15, -0.1) is 0 Å². The highest BCUT2D eigenvalue weighted by Gasteiger charge is 2.25. The van der Waals surface area contributed by atoms with Gasteiger partial charge in [0, 0.05) is 11.6 Å². The number of aromatic nitrogens is 1. The number of aryl methyl sites for hydroxylation is 1. The van der Waals surface area contributed by atoms with Gasteiger partial charge in [-0.3, -0.25) is 4.98 Å². The van der Waals surface area contributed by atoms with Gasteiger partial charge in [0.25, 0.3) is 0 Å². The molecule has 2 nitrogen and oxygen atoms in total. The largest absolute Gasteiger partial charge is 0.495 e. The Bertz CT molecular complexity index is 292. The van der Waals surface area contributed by atoms with E-state index in [1.165, 1.54) is 24.1 Å². The average molecular weight is 193 g/mol. The molecule has 1 heterocycles. The van der Waals surface area contributed by atoms with Crippen LogP contribution in [0.4, 0.5) is 0 Å². The highest BCUT2D eigenvalue weighted by Crippen LogP contribution is 2.39. The molecular weight excluding hydrogens is 174 g/mol. The molecule has 78 valence electrons. The zero-order valence-electron chi connectivity index (χ0n) is 9.50. The van der Waals surface area contributed by atoms with Crippen LogP contribution in [0.2, 0.25) is 0 Å². The van der Waals surface area contributed by atoms with Crippen LogP contribution in [0.1, 0.15) is 43.9 Å². The Morgan fingerprint density at radius 3 is 2.43 bits per heavy atom. The Labute approximate surface area is 86.3 Å². The minimum Gasteiger partial charge on any atom is -0.495 e. The molecular formula is C12H19NO. The van der Waals surface area contributed by atoms with E-state index in [9.17, 15) is 0 Å². The number of nitrogens with zero attached hydrogens (tertiary/aromatic N) is 1. The summed E-state index contributed by atoms with van der Waals surface area (Å²) in [5.41, 5.74) is 2.42. The van der Waals surface area contributed by atoms with E-state index < -0.39 is 0 Å². The molecule has 0 N–H and O–H groups in total. The second kappa shape index (κ2) is 4.99. The summed E-state index contributed by atoms with van der Waals surface area (Å²) in [6.07, 6.45) is 4.43. The molecule has 2 rings (SSSR count). The fourth-order valence-electron chi connectivity index (χ4n) is 1.38. The van der Waals surface area contributed by atoms with Gasteiger partial charge in [-0.05, 0) is 31.4 Å². The van der Waals surface area contributed by atoms with E-state index in [2.05, 4.69) is 18.0 Å². The van der Waals surface area contributed by atoms with Crippen molar-refractivity contribution in [3.63, 3.8) is 0 Å². The molecule has 0 amide bonds. The number of ether oxygens (including phenoxy) is 1. The first-order valence-corrected chi connectivity index (χ1v) is 5.32. The molecule has 0 atom stereocenters. The van der Waals surface area contributed by atoms with Gasteiger partial charge in [-0.2, -0.15) is 0 Å². The third kappa shape index (κ3) is 2.47. The van der Waals surface area contributed by atoms with E-state index in [0.717, 1.165) is 11.7 Å². The number of hydrogen-bond donors (Lipinski definition) is 0. The molecule has 1 aliphatic rings. The molecule has 0 bridgehead atoms. The SMILES string of the molecule is CC.COc1cnc(C2CC2)cc1C. The molecule has 0 saturated heterocycles. The molecule has 0 radical (unpaired) electrons. The molecule has 1 fully saturated rings. The molecule has 1 aliphatic carbocycles. The van der Waals surface area contributed by atoms with Crippen molar-refractivity contribution in [3.8, 4) is 5.75 Å². The Morgan fingerprint density at radius 1 is 1.36 bits per heavy atom. The minimum atomic E-state index is 0.731. The predicted octanol–water partition coefficient (Wildman–Crippen LogP) is 3.30. The van der Waals surface area contributed by atoms with Crippen LogP contribution in [0, 0.1) is 6.92 Å². The second-order valence-corrected chi connectivity index (χ2v) is 3.35. The van der Waals surface area contributed by atoms with Crippen LogP contribution >= 0.6 is 0 Å². The zero-order chi connectivity index (χ0) is 10.6. The maximum Gasteiger partial charge on any atom is 0.140 e. The molecule has 2 heteroatoms. The molecule has 1 aromatic heterocycles. The standard InChI is InChI=1S/C10H13NO.C2H6/c1-7-5-9(8-3-4-8)11-6-10(7)12-2;1-2/h5-6,8H,3-4H2,1-2H3;1-2H3. The molecule has 1 saturated carbocycles. The van der Waals surface area contributed by atoms with Crippen LogP contribution in [0.25, 0.3) is 0 Å². The Hall–Kier alpha value is -1.05. The summed E-state index contributed by atoms with van der Waals surface area (Å²) in [5, 5.41) is 0. The molecule has 14 heavy (non-hydrogen) atoms. The Balaban J connectivity index is 0.000000461. The summed E-state index contributed by atoms with van der Waals surface area (Å²) in [7, 11) is 1.68. The van der Waals surface area contributed by atoms with E-state index in [1.807, 2.05) is 20.0 Å². The predicted molar refractivity (Wildman–Crippen MR) is 58.8 cm³/mol. The van der Waals surface area contributed by atoms with Crippen molar-refractivity contribution in [1.29, 1.82) is 0 Å². The van der Waals surface area contributed by atoms with E-state index in [-0.39, 0.29) is 0 Å². The monoisotopic (exact) mass is 193 g/mol. The smallest absolute Gasteiger partial charge is 0.140 e. The first kappa shape index (κ1) is 11.0. The number of rotatable bonds is 2. The van der Waals surface area contributed by atoms with E-state index in [1.54, 1.807) is 7.11 Å². The van der Waals surface area contributed by atoms with Crippen molar-refractivity contribution in [2.75, 3.05) is 7.11 Å². The van der Waals surface area contributed by atoms with Crippen molar-refractivity contribution in [2.45, 2.75) is 39.5 Å². The summed E-state index contributed by atoms with van der Waals surface area (Å²) in [6.45, 7) is 6.06. The van der Waals surface area contributed by atoms with Crippen LogP contribution in [0.5, 0.6) is 5.75 Å². The van der Waals surface area contributed by atoms with Gasteiger partial charge in [0.15, 0.2) is 0 Å².